The number of nitrogens with one attached hydrogen (secondary N) is 1. The number of benzene rings is 1. The summed E-state index contributed by atoms with van der Waals surface area (Å²) in [5, 5.41) is 4.03. The van der Waals surface area contributed by atoms with Crippen LogP contribution in [0.25, 0.3) is 0 Å². The molecule has 3 N–H and O–H groups in total. The molecule has 4 heteroatoms. The Morgan fingerprint density at radius 2 is 2.12 bits per heavy atom. The van der Waals surface area contributed by atoms with Crippen molar-refractivity contribution in [2.24, 2.45) is 5.73 Å². The van der Waals surface area contributed by atoms with Gasteiger partial charge in [-0.15, -0.1) is 0 Å². The van der Waals surface area contributed by atoms with Gasteiger partial charge in [0, 0.05) is 36.2 Å². The lowest BCUT2D eigenvalue weighted by atomic mass is 10.1. The Bertz CT molecular complexity index is 500. The normalized spacial score (nSPS) is 10.2. The Labute approximate surface area is 106 Å². The van der Waals surface area contributed by atoms with Gasteiger partial charge in [0.1, 0.15) is 0 Å². The summed E-state index contributed by atoms with van der Waals surface area (Å²) in [5.74, 6) is 0. The zero-order chi connectivity index (χ0) is 12.1. The fourth-order valence-electron chi connectivity index (χ4n) is 1.61. The summed E-state index contributed by atoms with van der Waals surface area (Å²) in [5.41, 5.74) is 8.86. The highest BCUT2D eigenvalue weighted by Crippen LogP contribution is 2.16. The van der Waals surface area contributed by atoms with E-state index in [0.717, 1.165) is 28.4 Å². The maximum atomic E-state index is 5.92. The highest BCUT2D eigenvalue weighted by atomic mass is 35.5. The van der Waals surface area contributed by atoms with E-state index in [2.05, 4.69) is 10.3 Å². The molecular formula is C13H14ClN3. The Kier molecular flexibility index (Phi) is 3.96. The molecule has 88 valence electrons. The van der Waals surface area contributed by atoms with Gasteiger partial charge in [0.15, 0.2) is 0 Å². The fourth-order valence-corrected chi connectivity index (χ4v) is 1.80. The number of nitrogens with zero attached hydrogens (tertiary/aromatic N) is 1. The Morgan fingerprint density at radius 3 is 2.88 bits per heavy atom. The zero-order valence-electron chi connectivity index (χ0n) is 9.36. The van der Waals surface area contributed by atoms with Crippen LogP contribution in [0.3, 0.4) is 0 Å². The zero-order valence-corrected chi connectivity index (χ0v) is 10.1. The van der Waals surface area contributed by atoms with Crippen LogP contribution in [-0.2, 0) is 13.1 Å². The molecular weight excluding hydrogens is 234 g/mol. The Balaban J connectivity index is 2.07. The van der Waals surface area contributed by atoms with Crippen molar-refractivity contribution in [3.05, 3.63) is 58.9 Å². The van der Waals surface area contributed by atoms with Gasteiger partial charge in [-0.05, 0) is 35.4 Å². The summed E-state index contributed by atoms with van der Waals surface area (Å²) in [6.45, 7) is 1.22. The van der Waals surface area contributed by atoms with Crippen molar-refractivity contribution < 1.29 is 0 Å². The maximum absolute atomic E-state index is 5.92. The number of hydrogen-bond acceptors (Lipinski definition) is 3. The highest BCUT2D eigenvalue weighted by Gasteiger charge is 2.00. The molecule has 2 aromatic rings. The predicted molar refractivity (Wildman–Crippen MR) is 70.9 cm³/mol. The number of pyridine rings is 1. The molecule has 2 rings (SSSR count). The monoisotopic (exact) mass is 247 g/mol. The van der Waals surface area contributed by atoms with Crippen LogP contribution < -0.4 is 11.1 Å². The van der Waals surface area contributed by atoms with E-state index in [-0.39, 0.29) is 0 Å². The standard InChI is InChI=1S/C13H14ClN3/c14-12-2-1-3-13(6-12)17-9-10-4-5-16-8-11(10)7-15/h1-6,8,17H,7,9,15H2. The maximum Gasteiger partial charge on any atom is 0.0426 e. The van der Waals surface area contributed by atoms with Crippen LogP contribution in [0.4, 0.5) is 5.69 Å². The molecule has 1 aromatic heterocycles. The molecule has 0 saturated carbocycles. The van der Waals surface area contributed by atoms with Crippen molar-refractivity contribution in [1.82, 2.24) is 4.98 Å². The summed E-state index contributed by atoms with van der Waals surface area (Å²) in [7, 11) is 0. The Hall–Kier alpha value is -1.58. The minimum absolute atomic E-state index is 0.500. The lowest BCUT2D eigenvalue weighted by molar-refractivity contribution is 0.987. The first-order valence-corrected chi connectivity index (χ1v) is 5.78. The summed E-state index contributed by atoms with van der Waals surface area (Å²) in [6.07, 6.45) is 3.57. The van der Waals surface area contributed by atoms with Gasteiger partial charge >= 0.3 is 0 Å². The first kappa shape index (κ1) is 11.9. The van der Waals surface area contributed by atoms with E-state index in [0.29, 0.717) is 6.54 Å². The topological polar surface area (TPSA) is 50.9 Å². The molecule has 0 radical (unpaired) electrons. The van der Waals surface area contributed by atoms with Gasteiger partial charge in [-0.25, -0.2) is 0 Å². The van der Waals surface area contributed by atoms with Crippen molar-refractivity contribution in [3.8, 4) is 0 Å². The van der Waals surface area contributed by atoms with Gasteiger partial charge in [0.2, 0.25) is 0 Å². The average molecular weight is 248 g/mol. The smallest absolute Gasteiger partial charge is 0.0426 e. The van der Waals surface area contributed by atoms with E-state index >= 15 is 0 Å². The average Bonchev–Trinajstić information content (AvgIpc) is 2.37. The number of aromatic nitrogens is 1. The van der Waals surface area contributed by atoms with Crippen molar-refractivity contribution >= 4 is 17.3 Å². The van der Waals surface area contributed by atoms with Crippen molar-refractivity contribution in [3.63, 3.8) is 0 Å². The van der Waals surface area contributed by atoms with E-state index in [4.69, 9.17) is 17.3 Å². The first-order valence-electron chi connectivity index (χ1n) is 5.41. The summed E-state index contributed by atoms with van der Waals surface area (Å²) < 4.78 is 0. The van der Waals surface area contributed by atoms with E-state index < -0.39 is 0 Å². The molecule has 3 nitrogen and oxygen atoms in total. The highest BCUT2D eigenvalue weighted by molar-refractivity contribution is 6.30. The van der Waals surface area contributed by atoms with Gasteiger partial charge in [-0.1, -0.05) is 17.7 Å². The van der Waals surface area contributed by atoms with Gasteiger partial charge in [0.05, 0.1) is 0 Å². The van der Waals surface area contributed by atoms with Crippen LogP contribution in [0.15, 0.2) is 42.7 Å². The number of halogens is 1. The van der Waals surface area contributed by atoms with E-state index in [1.54, 1.807) is 12.4 Å². The largest absolute Gasteiger partial charge is 0.381 e. The molecule has 0 aliphatic rings. The summed E-state index contributed by atoms with van der Waals surface area (Å²) in [6, 6.07) is 9.62. The molecule has 0 amide bonds. The van der Waals surface area contributed by atoms with E-state index in [1.807, 2.05) is 30.3 Å². The third kappa shape index (κ3) is 3.19. The first-order chi connectivity index (χ1) is 8.29. The lowest BCUT2D eigenvalue weighted by Crippen LogP contribution is -2.06. The minimum Gasteiger partial charge on any atom is -0.381 e. The third-order valence-electron chi connectivity index (χ3n) is 2.53. The van der Waals surface area contributed by atoms with Crippen molar-refractivity contribution in [1.29, 1.82) is 0 Å². The fraction of sp³-hybridized carbons (Fsp3) is 0.154. The van der Waals surface area contributed by atoms with Gasteiger partial charge < -0.3 is 11.1 Å². The van der Waals surface area contributed by atoms with E-state index in [1.165, 1.54) is 0 Å². The molecule has 0 fully saturated rings. The Morgan fingerprint density at radius 1 is 1.24 bits per heavy atom. The minimum atomic E-state index is 0.500. The molecule has 0 aliphatic heterocycles. The number of nitrogens with two attached hydrogens (primary N) is 1. The van der Waals surface area contributed by atoms with Crippen LogP contribution in [0.5, 0.6) is 0 Å². The molecule has 0 aliphatic carbocycles. The quantitative estimate of drug-likeness (QED) is 0.874. The molecule has 0 saturated heterocycles. The SMILES string of the molecule is NCc1cnccc1CNc1cccc(Cl)c1. The van der Waals surface area contributed by atoms with Gasteiger partial charge in [-0.2, -0.15) is 0 Å². The van der Waals surface area contributed by atoms with Crippen LogP contribution >= 0.6 is 11.6 Å². The van der Waals surface area contributed by atoms with Crippen LogP contribution in [-0.4, -0.2) is 4.98 Å². The van der Waals surface area contributed by atoms with Gasteiger partial charge in [-0.3, -0.25) is 4.98 Å². The second-order valence-corrected chi connectivity index (χ2v) is 4.15. The van der Waals surface area contributed by atoms with E-state index in [9.17, 15) is 0 Å². The van der Waals surface area contributed by atoms with Crippen LogP contribution in [0, 0.1) is 0 Å². The number of rotatable bonds is 4. The number of hydrogen-bond donors (Lipinski definition) is 2. The predicted octanol–water partition coefficient (Wildman–Crippen LogP) is 2.81. The molecule has 1 aromatic carbocycles. The molecule has 17 heavy (non-hydrogen) atoms. The van der Waals surface area contributed by atoms with Crippen LogP contribution in [0.1, 0.15) is 11.1 Å². The van der Waals surface area contributed by atoms with Crippen LogP contribution in [0.2, 0.25) is 5.02 Å². The molecule has 1 heterocycles. The molecule has 0 bridgehead atoms. The molecule has 0 atom stereocenters. The second kappa shape index (κ2) is 5.66. The molecule has 0 spiro atoms. The summed E-state index contributed by atoms with van der Waals surface area (Å²) in [4.78, 5) is 4.06. The molecule has 0 unspecified atom stereocenters. The van der Waals surface area contributed by atoms with Crippen molar-refractivity contribution in [2.45, 2.75) is 13.1 Å². The third-order valence-corrected chi connectivity index (χ3v) is 2.77. The van der Waals surface area contributed by atoms with Gasteiger partial charge in [0.25, 0.3) is 0 Å². The number of anilines is 1. The van der Waals surface area contributed by atoms with Crippen molar-refractivity contribution in [2.75, 3.05) is 5.32 Å². The second-order valence-electron chi connectivity index (χ2n) is 3.71. The summed E-state index contributed by atoms with van der Waals surface area (Å²) >= 11 is 5.92. The lowest BCUT2D eigenvalue weighted by Gasteiger charge is -2.09.